The first kappa shape index (κ1) is 9.72. The Labute approximate surface area is 86.1 Å². The molecule has 14 heavy (non-hydrogen) atoms. The summed E-state index contributed by atoms with van der Waals surface area (Å²) in [5, 5.41) is 0. The number of ether oxygens (including phenoxy) is 1. The summed E-state index contributed by atoms with van der Waals surface area (Å²) in [5.41, 5.74) is 2.59. The standard InChI is InChI=1S/C13H18O/c1-9(2)12-10-7-5-6-8-11(10)13(3,4)14-12/h5-9,12H,1-4H3. The van der Waals surface area contributed by atoms with Crippen molar-refractivity contribution in [3.8, 4) is 0 Å². The van der Waals surface area contributed by atoms with Crippen LogP contribution in [0, 0.1) is 5.92 Å². The second kappa shape index (κ2) is 3.09. The predicted molar refractivity (Wildman–Crippen MR) is 58.1 cm³/mol. The Morgan fingerprint density at radius 1 is 1.21 bits per heavy atom. The number of fused-ring (bicyclic) bond motifs is 1. The average molecular weight is 190 g/mol. The van der Waals surface area contributed by atoms with Crippen LogP contribution in [0.15, 0.2) is 24.3 Å². The Morgan fingerprint density at radius 3 is 2.50 bits per heavy atom. The van der Waals surface area contributed by atoms with Crippen molar-refractivity contribution in [2.45, 2.75) is 39.4 Å². The Morgan fingerprint density at radius 2 is 1.86 bits per heavy atom. The number of benzene rings is 1. The lowest BCUT2D eigenvalue weighted by molar-refractivity contribution is -0.0710. The third-order valence-corrected chi connectivity index (χ3v) is 2.94. The van der Waals surface area contributed by atoms with Crippen LogP contribution >= 0.6 is 0 Å². The summed E-state index contributed by atoms with van der Waals surface area (Å²) >= 11 is 0. The molecule has 1 aromatic rings. The van der Waals surface area contributed by atoms with E-state index in [2.05, 4.69) is 52.0 Å². The van der Waals surface area contributed by atoms with Gasteiger partial charge in [-0.1, -0.05) is 38.1 Å². The van der Waals surface area contributed by atoms with Gasteiger partial charge in [0.05, 0.1) is 11.7 Å². The third kappa shape index (κ3) is 1.36. The van der Waals surface area contributed by atoms with Gasteiger partial charge < -0.3 is 4.74 Å². The van der Waals surface area contributed by atoms with E-state index < -0.39 is 0 Å². The lowest BCUT2D eigenvalue weighted by Gasteiger charge is -2.22. The fourth-order valence-corrected chi connectivity index (χ4v) is 2.23. The van der Waals surface area contributed by atoms with Crippen molar-refractivity contribution < 1.29 is 4.74 Å². The van der Waals surface area contributed by atoms with Crippen molar-refractivity contribution in [1.82, 2.24) is 0 Å². The molecular weight excluding hydrogens is 172 g/mol. The van der Waals surface area contributed by atoms with E-state index in [1.807, 2.05) is 0 Å². The van der Waals surface area contributed by atoms with E-state index in [9.17, 15) is 0 Å². The Hall–Kier alpha value is -0.820. The van der Waals surface area contributed by atoms with Gasteiger partial charge in [0.15, 0.2) is 0 Å². The molecule has 0 radical (unpaired) electrons. The van der Waals surface area contributed by atoms with Crippen LogP contribution in [0.25, 0.3) is 0 Å². The zero-order valence-electron chi connectivity index (χ0n) is 9.37. The summed E-state index contributed by atoms with van der Waals surface area (Å²) in [6, 6.07) is 8.55. The van der Waals surface area contributed by atoms with Crippen LogP contribution in [0.4, 0.5) is 0 Å². The van der Waals surface area contributed by atoms with Gasteiger partial charge in [0.2, 0.25) is 0 Å². The van der Waals surface area contributed by atoms with Crippen molar-refractivity contribution in [1.29, 1.82) is 0 Å². The predicted octanol–water partition coefficient (Wildman–Crippen LogP) is 3.65. The zero-order chi connectivity index (χ0) is 10.3. The van der Waals surface area contributed by atoms with Gasteiger partial charge in [-0.3, -0.25) is 0 Å². The second-order valence-corrected chi connectivity index (χ2v) is 4.88. The van der Waals surface area contributed by atoms with E-state index in [0.29, 0.717) is 5.92 Å². The highest BCUT2D eigenvalue weighted by Crippen LogP contribution is 2.45. The Kier molecular flexibility index (Phi) is 2.15. The molecule has 1 heterocycles. The summed E-state index contributed by atoms with van der Waals surface area (Å²) in [5.74, 6) is 0.540. The van der Waals surface area contributed by atoms with Crippen molar-refractivity contribution in [2.24, 2.45) is 5.92 Å². The largest absolute Gasteiger partial charge is 0.363 e. The minimum Gasteiger partial charge on any atom is -0.363 e. The third-order valence-electron chi connectivity index (χ3n) is 2.94. The minimum atomic E-state index is -0.120. The molecule has 1 atom stereocenters. The summed E-state index contributed by atoms with van der Waals surface area (Å²) in [7, 11) is 0. The maximum absolute atomic E-state index is 6.08. The van der Waals surface area contributed by atoms with Crippen molar-refractivity contribution >= 4 is 0 Å². The molecule has 0 amide bonds. The number of hydrogen-bond donors (Lipinski definition) is 0. The monoisotopic (exact) mass is 190 g/mol. The van der Waals surface area contributed by atoms with Crippen LogP contribution in [0.2, 0.25) is 0 Å². The average Bonchev–Trinajstić information content (AvgIpc) is 2.40. The number of hydrogen-bond acceptors (Lipinski definition) is 1. The molecule has 0 fully saturated rings. The summed E-state index contributed by atoms with van der Waals surface area (Å²) in [6.45, 7) is 8.72. The molecule has 0 aromatic heterocycles. The molecule has 0 saturated heterocycles. The molecule has 0 aliphatic carbocycles. The molecule has 2 rings (SSSR count). The van der Waals surface area contributed by atoms with Gasteiger partial charge >= 0.3 is 0 Å². The molecule has 1 aliphatic heterocycles. The van der Waals surface area contributed by atoms with Gasteiger partial charge in [-0.2, -0.15) is 0 Å². The maximum atomic E-state index is 6.08. The van der Waals surface area contributed by atoms with Gasteiger partial charge in [0.25, 0.3) is 0 Å². The fourth-order valence-electron chi connectivity index (χ4n) is 2.23. The van der Waals surface area contributed by atoms with Crippen LogP contribution in [0.3, 0.4) is 0 Å². The molecular formula is C13H18O. The molecule has 1 heteroatoms. The van der Waals surface area contributed by atoms with Crippen LogP contribution < -0.4 is 0 Å². The highest BCUT2D eigenvalue weighted by molar-refractivity contribution is 5.37. The number of rotatable bonds is 1. The van der Waals surface area contributed by atoms with E-state index in [0.717, 1.165) is 0 Å². The molecule has 76 valence electrons. The Balaban J connectivity index is 2.49. The highest BCUT2D eigenvalue weighted by atomic mass is 16.5. The molecule has 0 spiro atoms. The van der Waals surface area contributed by atoms with Crippen LogP contribution in [-0.4, -0.2) is 0 Å². The molecule has 1 unspecified atom stereocenters. The van der Waals surface area contributed by atoms with Gasteiger partial charge in [0, 0.05) is 0 Å². The molecule has 0 saturated carbocycles. The van der Waals surface area contributed by atoms with E-state index in [4.69, 9.17) is 4.74 Å². The SMILES string of the molecule is CC(C)C1OC(C)(C)c2ccccc21. The molecule has 0 N–H and O–H groups in total. The quantitative estimate of drug-likeness (QED) is 0.656. The molecule has 1 aromatic carbocycles. The van der Waals surface area contributed by atoms with Gasteiger partial charge in [-0.05, 0) is 30.9 Å². The lowest BCUT2D eigenvalue weighted by atomic mass is 9.92. The van der Waals surface area contributed by atoms with Crippen molar-refractivity contribution in [3.05, 3.63) is 35.4 Å². The summed E-state index contributed by atoms with van der Waals surface area (Å²) in [4.78, 5) is 0. The van der Waals surface area contributed by atoms with Crippen LogP contribution in [-0.2, 0) is 10.3 Å². The normalized spacial score (nSPS) is 23.9. The van der Waals surface area contributed by atoms with Crippen molar-refractivity contribution in [3.63, 3.8) is 0 Å². The van der Waals surface area contributed by atoms with Gasteiger partial charge in [0.1, 0.15) is 0 Å². The van der Waals surface area contributed by atoms with E-state index in [-0.39, 0.29) is 11.7 Å². The van der Waals surface area contributed by atoms with E-state index in [1.54, 1.807) is 0 Å². The van der Waals surface area contributed by atoms with Gasteiger partial charge in [-0.15, -0.1) is 0 Å². The second-order valence-electron chi connectivity index (χ2n) is 4.88. The first-order chi connectivity index (χ1) is 6.52. The zero-order valence-corrected chi connectivity index (χ0v) is 9.37. The minimum absolute atomic E-state index is 0.120. The topological polar surface area (TPSA) is 9.23 Å². The lowest BCUT2D eigenvalue weighted by Crippen LogP contribution is -2.17. The Bertz CT molecular complexity index is 339. The fraction of sp³-hybridized carbons (Fsp3) is 0.538. The first-order valence-corrected chi connectivity index (χ1v) is 5.29. The van der Waals surface area contributed by atoms with Crippen LogP contribution in [0.5, 0.6) is 0 Å². The molecule has 1 nitrogen and oxygen atoms in total. The summed E-state index contributed by atoms with van der Waals surface area (Å²) in [6.07, 6.45) is 0.265. The molecule has 1 aliphatic rings. The summed E-state index contributed by atoms with van der Waals surface area (Å²) < 4.78 is 6.08. The maximum Gasteiger partial charge on any atom is 0.0887 e. The molecule has 0 bridgehead atoms. The van der Waals surface area contributed by atoms with Gasteiger partial charge in [-0.25, -0.2) is 0 Å². The van der Waals surface area contributed by atoms with Crippen molar-refractivity contribution in [2.75, 3.05) is 0 Å². The smallest absolute Gasteiger partial charge is 0.0887 e. The van der Waals surface area contributed by atoms with Crippen LogP contribution in [0.1, 0.15) is 44.9 Å². The highest BCUT2D eigenvalue weighted by Gasteiger charge is 2.38. The van der Waals surface area contributed by atoms with E-state index >= 15 is 0 Å². The van der Waals surface area contributed by atoms with E-state index in [1.165, 1.54) is 11.1 Å². The first-order valence-electron chi connectivity index (χ1n) is 5.29.